The number of methoxy groups -OCH3 is 1. The van der Waals surface area contributed by atoms with Crippen LogP contribution < -0.4 is 4.74 Å². The highest BCUT2D eigenvalue weighted by atomic mass is 35.5. The molecule has 3 heterocycles. The molecule has 162 valence electrons. The van der Waals surface area contributed by atoms with E-state index in [0.717, 1.165) is 12.3 Å². The second-order valence-electron chi connectivity index (χ2n) is 7.16. The fourth-order valence-corrected chi connectivity index (χ4v) is 4.16. The number of hydrogen-bond acceptors (Lipinski definition) is 5. The van der Waals surface area contributed by atoms with Crippen LogP contribution >= 0.6 is 23.2 Å². The molecule has 0 saturated carbocycles. The number of aromatic nitrogens is 4. The zero-order chi connectivity index (χ0) is 22.4. The van der Waals surface area contributed by atoms with Gasteiger partial charge in [-0.05, 0) is 26.0 Å². The van der Waals surface area contributed by atoms with Crippen LogP contribution in [0.1, 0.15) is 36.1 Å². The smallest absolute Gasteiger partial charge is 0.256 e. The number of carbonyl (C=O) groups excluding carboxylic acids is 1. The third-order valence-corrected chi connectivity index (χ3v) is 6.12. The Kier molecular flexibility index (Phi) is 5.57. The van der Waals surface area contributed by atoms with Crippen molar-refractivity contribution in [2.75, 3.05) is 7.11 Å². The van der Waals surface area contributed by atoms with Crippen LogP contribution in [0.15, 0.2) is 24.4 Å². The van der Waals surface area contributed by atoms with Crippen molar-refractivity contribution >= 4 is 29.1 Å². The lowest BCUT2D eigenvalue weighted by Crippen LogP contribution is -2.47. The maximum atomic E-state index is 13.7. The van der Waals surface area contributed by atoms with Gasteiger partial charge in [-0.1, -0.05) is 23.2 Å². The molecule has 31 heavy (non-hydrogen) atoms. The van der Waals surface area contributed by atoms with Gasteiger partial charge in [0.1, 0.15) is 11.5 Å². The third kappa shape index (κ3) is 3.51. The molecule has 2 unspecified atom stereocenters. The third-order valence-electron chi connectivity index (χ3n) is 5.26. The van der Waals surface area contributed by atoms with Crippen molar-refractivity contribution in [2.45, 2.75) is 32.5 Å². The van der Waals surface area contributed by atoms with E-state index >= 15 is 0 Å². The van der Waals surface area contributed by atoms with Gasteiger partial charge >= 0.3 is 0 Å². The van der Waals surface area contributed by atoms with E-state index in [1.807, 2.05) is 11.5 Å². The molecule has 0 bridgehead atoms. The van der Waals surface area contributed by atoms with Gasteiger partial charge < -0.3 is 14.2 Å². The molecule has 0 N–H and O–H groups in total. The lowest BCUT2D eigenvalue weighted by molar-refractivity contribution is 0.0514. The number of fused-ring (bicyclic) bond motifs is 1. The predicted molar refractivity (Wildman–Crippen MR) is 110 cm³/mol. The second kappa shape index (κ2) is 8.05. The number of carbonyl (C=O) groups is 1. The van der Waals surface area contributed by atoms with Crippen molar-refractivity contribution in [3.05, 3.63) is 57.5 Å². The van der Waals surface area contributed by atoms with Crippen molar-refractivity contribution in [3.8, 4) is 17.3 Å². The molecule has 1 aromatic carbocycles. The van der Waals surface area contributed by atoms with E-state index in [2.05, 4.69) is 15.2 Å². The lowest BCUT2D eigenvalue weighted by atomic mass is 10.1. The monoisotopic (exact) mass is 467 g/mol. The zero-order valence-electron chi connectivity index (χ0n) is 16.7. The number of pyridine rings is 1. The predicted octanol–water partition coefficient (Wildman–Crippen LogP) is 4.54. The van der Waals surface area contributed by atoms with E-state index in [-0.39, 0.29) is 27.4 Å². The lowest BCUT2D eigenvalue weighted by Gasteiger charge is -2.39. The maximum absolute atomic E-state index is 13.7. The Bertz CT molecular complexity index is 1190. The molecule has 4 rings (SSSR count). The Morgan fingerprint density at radius 3 is 2.61 bits per heavy atom. The summed E-state index contributed by atoms with van der Waals surface area (Å²) in [5, 5.41) is 8.00. The molecule has 0 saturated heterocycles. The minimum absolute atomic E-state index is 0.0406. The summed E-state index contributed by atoms with van der Waals surface area (Å²) in [6, 6.07) is 3.10. The van der Waals surface area contributed by atoms with E-state index in [4.69, 9.17) is 27.9 Å². The SMILES string of the molecule is COc1cc(-c2nnc3n2CC(C)N(C(=O)c2ccc(F)c(Cl)c2Cl)C3C)ncc1F. The zero-order valence-corrected chi connectivity index (χ0v) is 18.2. The summed E-state index contributed by atoms with van der Waals surface area (Å²) in [5.74, 6) is -0.687. The normalized spacial score (nSPS) is 18.1. The molecule has 2 aromatic heterocycles. The van der Waals surface area contributed by atoms with Gasteiger partial charge in [-0.3, -0.25) is 4.79 Å². The van der Waals surface area contributed by atoms with Crippen LogP contribution in [0.5, 0.6) is 5.75 Å². The molecular formula is C20H17Cl2F2N5O2. The van der Waals surface area contributed by atoms with Crippen LogP contribution in [0.25, 0.3) is 11.5 Å². The van der Waals surface area contributed by atoms with Gasteiger partial charge in [0.15, 0.2) is 23.2 Å². The molecular weight excluding hydrogens is 451 g/mol. The molecule has 0 spiro atoms. The summed E-state index contributed by atoms with van der Waals surface area (Å²) in [4.78, 5) is 18.9. The van der Waals surface area contributed by atoms with Crippen LogP contribution in [0.2, 0.25) is 10.0 Å². The molecule has 3 aromatic rings. The van der Waals surface area contributed by atoms with E-state index in [1.165, 1.54) is 19.2 Å². The van der Waals surface area contributed by atoms with Crippen LogP contribution in [-0.4, -0.2) is 43.7 Å². The molecule has 1 aliphatic rings. The summed E-state index contributed by atoms with van der Waals surface area (Å²) in [5.41, 5.74) is 0.495. The number of halogens is 4. The number of rotatable bonds is 3. The van der Waals surface area contributed by atoms with E-state index in [0.29, 0.717) is 23.9 Å². The fraction of sp³-hybridized carbons (Fsp3) is 0.300. The number of hydrogen-bond donors (Lipinski definition) is 0. The molecule has 7 nitrogen and oxygen atoms in total. The number of ether oxygens (including phenoxy) is 1. The molecule has 0 aliphatic carbocycles. The fourth-order valence-electron chi connectivity index (χ4n) is 3.76. The Balaban J connectivity index is 1.72. The van der Waals surface area contributed by atoms with Crippen LogP contribution in [-0.2, 0) is 6.54 Å². The molecule has 0 fully saturated rings. The van der Waals surface area contributed by atoms with Crippen LogP contribution in [0.3, 0.4) is 0 Å². The summed E-state index contributed by atoms with van der Waals surface area (Å²) >= 11 is 12.0. The standard InChI is InChI=1S/C20H17Cl2F2N5O2/c1-9-8-28-18(26-27-19(28)14-6-15(31-3)13(24)7-25-14)10(2)29(9)20(30)11-4-5-12(23)17(22)16(11)21/h4-7,9-10H,8H2,1-3H3. The Labute approximate surface area is 186 Å². The first-order valence-corrected chi connectivity index (χ1v) is 10.1. The highest BCUT2D eigenvalue weighted by molar-refractivity contribution is 6.44. The topological polar surface area (TPSA) is 73.1 Å². The summed E-state index contributed by atoms with van der Waals surface area (Å²) in [6.07, 6.45) is 1.06. The molecule has 1 amide bonds. The summed E-state index contributed by atoms with van der Waals surface area (Å²) in [7, 11) is 1.36. The van der Waals surface area contributed by atoms with Gasteiger partial charge in [0.2, 0.25) is 0 Å². The van der Waals surface area contributed by atoms with Crippen molar-refractivity contribution in [2.24, 2.45) is 0 Å². The van der Waals surface area contributed by atoms with E-state index < -0.39 is 23.6 Å². The summed E-state index contributed by atoms with van der Waals surface area (Å²) < 4.78 is 34.3. The van der Waals surface area contributed by atoms with Gasteiger partial charge in [-0.25, -0.2) is 13.8 Å². The van der Waals surface area contributed by atoms with Crippen molar-refractivity contribution in [1.82, 2.24) is 24.6 Å². The first-order chi connectivity index (χ1) is 14.7. The van der Waals surface area contributed by atoms with Gasteiger partial charge in [0.05, 0.1) is 35.0 Å². The number of nitrogens with zero attached hydrogens (tertiary/aromatic N) is 5. The molecule has 2 atom stereocenters. The minimum atomic E-state index is -0.699. The summed E-state index contributed by atoms with van der Waals surface area (Å²) in [6.45, 7) is 4.02. The average Bonchev–Trinajstić information content (AvgIpc) is 3.16. The Hall–Kier alpha value is -2.78. The van der Waals surface area contributed by atoms with Gasteiger partial charge in [0, 0.05) is 18.7 Å². The van der Waals surface area contributed by atoms with Crippen molar-refractivity contribution in [1.29, 1.82) is 0 Å². The van der Waals surface area contributed by atoms with Gasteiger partial charge in [0.25, 0.3) is 5.91 Å². The largest absolute Gasteiger partial charge is 0.494 e. The van der Waals surface area contributed by atoms with Gasteiger partial charge in [-0.2, -0.15) is 0 Å². The molecule has 0 radical (unpaired) electrons. The van der Waals surface area contributed by atoms with Crippen molar-refractivity contribution in [3.63, 3.8) is 0 Å². The highest BCUT2D eigenvalue weighted by Gasteiger charge is 2.37. The van der Waals surface area contributed by atoms with E-state index in [1.54, 1.807) is 11.8 Å². The van der Waals surface area contributed by atoms with Crippen molar-refractivity contribution < 1.29 is 18.3 Å². The molecule has 1 aliphatic heterocycles. The van der Waals surface area contributed by atoms with Gasteiger partial charge in [-0.15, -0.1) is 10.2 Å². The molecule has 11 heteroatoms. The van der Waals surface area contributed by atoms with E-state index in [9.17, 15) is 13.6 Å². The Morgan fingerprint density at radius 2 is 1.90 bits per heavy atom. The first kappa shape index (κ1) is 21.5. The van der Waals surface area contributed by atoms with Crippen LogP contribution in [0.4, 0.5) is 8.78 Å². The minimum Gasteiger partial charge on any atom is -0.494 e. The Morgan fingerprint density at radius 1 is 1.16 bits per heavy atom. The highest BCUT2D eigenvalue weighted by Crippen LogP contribution is 2.35. The first-order valence-electron chi connectivity index (χ1n) is 9.33. The number of benzene rings is 1. The average molecular weight is 468 g/mol. The maximum Gasteiger partial charge on any atom is 0.256 e. The quantitative estimate of drug-likeness (QED) is 0.528. The van der Waals surface area contributed by atoms with Crippen LogP contribution in [0, 0.1) is 11.6 Å². The second-order valence-corrected chi connectivity index (χ2v) is 7.91. The number of amides is 1.